The van der Waals surface area contributed by atoms with Crippen LogP contribution in [0.25, 0.3) is 0 Å². The SMILES string of the molecule is CCn1nnnc1NCc1cc(Br)cc(Br)c1OC. The second-order valence-corrected chi connectivity index (χ2v) is 5.52. The highest BCUT2D eigenvalue weighted by Gasteiger charge is 2.11. The molecule has 0 spiro atoms. The van der Waals surface area contributed by atoms with Crippen LogP contribution < -0.4 is 10.1 Å². The molecule has 2 rings (SSSR count). The van der Waals surface area contributed by atoms with E-state index in [0.717, 1.165) is 20.3 Å². The standard InChI is InChI=1S/C11H13Br2N5O/c1-3-18-11(15-16-17-18)14-6-7-4-8(12)5-9(13)10(7)19-2/h4-5H,3,6H2,1-2H3,(H,14,15,17). The second kappa shape index (κ2) is 6.33. The predicted molar refractivity (Wildman–Crippen MR) is 79.2 cm³/mol. The highest BCUT2D eigenvalue weighted by Crippen LogP contribution is 2.32. The Balaban J connectivity index is 2.19. The van der Waals surface area contributed by atoms with Crippen molar-refractivity contribution in [2.75, 3.05) is 12.4 Å². The molecule has 0 amide bonds. The number of tetrazole rings is 1. The first kappa shape index (κ1) is 14.3. The van der Waals surface area contributed by atoms with Crippen LogP contribution in [-0.4, -0.2) is 27.3 Å². The molecule has 19 heavy (non-hydrogen) atoms. The van der Waals surface area contributed by atoms with E-state index in [9.17, 15) is 0 Å². The van der Waals surface area contributed by atoms with Gasteiger partial charge in [-0.1, -0.05) is 21.0 Å². The molecule has 0 aliphatic carbocycles. The average molecular weight is 391 g/mol. The Hall–Kier alpha value is -1.15. The van der Waals surface area contributed by atoms with Gasteiger partial charge < -0.3 is 10.1 Å². The number of halogens is 2. The lowest BCUT2D eigenvalue weighted by molar-refractivity contribution is 0.407. The van der Waals surface area contributed by atoms with Crippen LogP contribution in [0.15, 0.2) is 21.1 Å². The number of hydrogen-bond acceptors (Lipinski definition) is 5. The van der Waals surface area contributed by atoms with Gasteiger partial charge in [0.05, 0.1) is 11.6 Å². The van der Waals surface area contributed by atoms with Crippen molar-refractivity contribution in [2.45, 2.75) is 20.0 Å². The smallest absolute Gasteiger partial charge is 0.243 e. The van der Waals surface area contributed by atoms with Crippen molar-refractivity contribution in [3.05, 3.63) is 26.6 Å². The molecular weight excluding hydrogens is 378 g/mol. The maximum absolute atomic E-state index is 5.39. The van der Waals surface area contributed by atoms with Gasteiger partial charge in [-0.05, 0) is 45.4 Å². The minimum Gasteiger partial charge on any atom is -0.495 e. The van der Waals surface area contributed by atoms with Crippen LogP contribution in [0.1, 0.15) is 12.5 Å². The van der Waals surface area contributed by atoms with E-state index in [1.165, 1.54) is 0 Å². The van der Waals surface area contributed by atoms with Crippen LogP contribution in [0.5, 0.6) is 5.75 Å². The van der Waals surface area contributed by atoms with E-state index >= 15 is 0 Å². The van der Waals surface area contributed by atoms with Gasteiger partial charge in [0.1, 0.15) is 5.75 Å². The van der Waals surface area contributed by atoms with Crippen molar-refractivity contribution < 1.29 is 4.74 Å². The molecule has 1 N–H and O–H groups in total. The number of aryl methyl sites for hydroxylation is 1. The lowest BCUT2D eigenvalue weighted by Gasteiger charge is -2.12. The van der Waals surface area contributed by atoms with Gasteiger partial charge >= 0.3 is 0 Å². The van der Waals surface area contributed by atoms with Crippen LogP contribution in [0.4, 0.5) is 5.95 Å². The summed E-state index contributed by atoms with van der Waals surface area (Å²) < 4.78 is 8.96. The van der Waals surface area contributed by atoms with Crippen LogP contribution in [-0.2, 0) is 13.1 Å². The molecule has 1 aromatic heterocycles. The van der Waals surface area contributed by atoms with E-state index in [4.69, 9.17) is 4.74 Å². The summed E-state index contributed by atoms with van der Waals surface area (Å²) in [6, 6.07) is 3.94. The van der Waals surface area contributed by atoms with Crippen LogP contribution >= 0.6 is 31.9 Å². The van der Waals surface area contributed by atoms with Gasteiger partial charge in [-0.25, -0.2) is 4.68 Å². The summed E-state index contributed by atoms with van der Waals surface area (Å²) in [6.07, 6.45) is 0. The number of nitrogens with one attached hydrogen (secondary N) is 1. The van der Waals surface area contributed by atoms with Gasteiger partial charge in [0, 0.05) is 23.1 Å². The van der Waals surface area contributed by atoms with Gasteiger partial charge in [-0.3, -0.25) is 0 Å². The Labute approximate surface area is 127 Å². The molecule has 0 radical (unpaired) electrons. The fourth-order valence-electron chi connectivity index (χ4n) is 1.69. The number of hydrogen-bond donors (Lipinski definition) is 1. The summed E-state index contributed by atoms with van der Waals surface area (Å²) in [5.41, 5.74) is 1.01. The second-order valence-electron chi connectivity index (χ2n) is 3.75. The summed E-state index contributed by atoms with van der Waals surface area (Å²) in [5, 5.41) is 14.6. The Morgan fingerprint density at radius 3 is 2.84 bits per heavy atom. The van der Waals surface area contributed by atoms with Crippen molar-refractivity contribution in [3.8, 4) is 5.75 Å². The van der Waals surface area contributed by atoms with Crippen molar-refractivity contribution in [1.29, 1.82) is 0 Å². The topological polar surface area (TPSA) is 64.9 Å². The largest absolute Gasteiger partial charge is 0.495 e. The van der Waals surface area contributed by atoms with Crippen molar-refractivity contribution in [1.82, 2.24) is 20.2 Å². The summed E-state index contributed by atoms with van der Waals surface area (Å²) in [6.45, 7) is 3.27. The highest BCUT2D eigenvalue weighted by atomic mass is 79.9. The molecular formula is C11H13Br2N5O. The zero-order valence-corrected chi connectivity index (χ0v) is 13.7. The first-order valence-electron chi connectivity index (χ1n) is 5.67. The highest BCUT2D eigenvalue weighted by molar-refractivity contribution is 9.11. The number of nitrogens with zero attached hydrogens (tertiary/aromatic N) is 4. The molecule has 6 nitrogen and oxygen atoms in total. The third-order valence-corrected chi connectivity index (χ3v) is 3.60. The Bertz CT molecular complexity index is 572. The molecule has 1 aromatic carbocycles. The third kappa shape index (κ3) is 3.24. The predicted octanol–water partition coefficient (Wildman–Crippen LogP) is 2.84. The molecule has 0 saturated carbocycles. The first-order chi connectivity index (χ1) is 9.15. The fourth-order valence-corrected chi connectivity index (χ4v) is 3.17. The van der Waals surface area contributed by atoms with E-state index in [1.54, 1.807) is 11.8 Å². The van der Waals surface area contributed by atoms with Crippen molar-refractivity contribution in [3.63, 3.8) is 0 Å². The maximum atomic E-state index is 5.39. The zero-order chi connectivity index (χ0) is 13.8. The molecule has 0 atom stereocenters. The number of ether oxygens (including phenoxy) is 1. The van der Waals surface area contributed by atoms with E-state index in [2.05, 4.69) is 52.7 Å². The summed E-state index contributed by atoms with van der Waals surface area (Å²) in [7, 11) is 1.65. The van der Waals surface area contributed by atoms with Crippen LogP contribution in [0.2, 0.25) is 0 Å². The summed E-state index contributed by atoms with van der Waals surface area (Å²) >= 11 is 6.94. The van der Waals surface area contributed by atoms with Crippen LogP contribution in [0, 0.1) is 0 Å². The lowest BCUT2D eigenvalue weighted by atomic mass is 10.2. The molecule has 0 saturated heterocycles. The van der Waals surface area contributed by atoms with Gasteiger partial charge in [0.15, 0.2) is 0 Å². The normalized spacial score (nSPS) is 10.5. The van der Waals surface area contributed by atoms with Crippen molar-refractivity contribution in [2.24, 2.45) is 0 Å². The average Bonchev–Trinajstić information content (AvgIpc) is 2.83. The van der Waals surface area contributed by atoms with Gasteiger partial charge in [-0.2, -0.15) is 0 Å². The quantitative estimate of drug-likeness (QED) is 0.850. The maximum Gasteiger partial charge on any atom is 0.243 e. The molecule has 0 bridgehead atoms. The molecule has 0 unspecified atom stereocenters. The molecule has 102 valence electrons. The van der Waals surface area contributed by atoms with E-state index < -0.39 is 0 Å². The number of benzene rings is 1. The monoisotopic (exact) mass is 389 g/mol. The summed E-state index contributed by atoms with van der Waals surface area (Å²) in [5.74, 6) is 1.44. The first-order valence-corrected chi connectivity index (χ1v) is 7.26. The van der Waals surface area contributed by atoms with Gasteiger partial charge in [0.25, 0.3) is 0 Å². The zero-order valence-electron chi connectivity index (χ0n) is 10.5. The number of rotatable bonds is 5. The molecule has 0 aliphatic heterocycles. The summed E-state index contributed by atoms with van der Waals surface area (Å²) in [4.78, 5) is 0. The lowest BCUT2D eigenvalue weighted by Crippen LogP contribution is -2.08. The molecule has 2 aromatic rings. The minimum atomic E-state index is 0.571. The minimum absolute atomic E-state index is 0.571. The number of aromatic nitrogens is 4. The Kier molecular flexibility index (Phi) is 4.76. The Morgan fingerprint density at radius 2 is 2.16 bits per heavy atom. The van der Waals surface area contributed by atoms with E-state index in [0.29, 0.717) is 19.0 Å². The van der Waals surface area contributed by atoms with Gasteiger partial charge in [0.2, 0.25) is 5.95 Å². The molecule has 1 heterocycles. The van der Waals surface area contributed by atoms with E-state index in [1.807, 2.05) is 19.1 Å². The number of methoxy groups -OCH3 is 1. The number of anilines is 1. The van der Waals surface area contributed by atoms with Crippen LogP contribution in [0.3, 0.4) is 0 Å². The third-order valence-electron chi connectivity index (χ3n) is 2.56. The van der Waals surface area contributed by atoms with E-state index in [-0.39, 0.29) is 0 Å². The van der Waals surface area contributed by atoms with Gasteiger partial charge in [-0.15, -0.1) is 0 Å². The molecule has 0 fully saturated rings. The molecule has 0 aliphatic rings. The Morgan fingerprint density at radius 1 is 1.37 bits per heavy atom. The molecule has 8 heteroatoms. The van der Waals surface area contributed by atoms with Crippen molar-refractivity contribution >= 4 is 37.8 Å². The fraction of sp³-hybridized carbons (Fsp3) is 0.364.